The minimum atomic E-state index is -3.38. The van der Waals surface area contributed by atoms with E-state index in [-0.39, 0.29) is 5.91 Å². The smallest absolute Gasteiger partial charge is 0.229 e. The molecule has 1 aromatic carbocycles. The minimum absolute atomic E-state index is 0.0113. The van der Waals surface area contributed by atoms with Crippen molar-refractivity contribution in [3.63, 3.8) is 0 Å². The number of carbonyl (C=O) groups is 1. The minimum Gasteiger partial charge on any atom is -0.494 e. The van der Waals surface area contributed by atoms with Crippen LogP contribution in [0.2, 0.25) is 0 Å². The highest BCUT2D eigenvalue weighted by molar-refractivity contribution is 7.92. The summed E-state index contributed by atoms with van der Waals surface area (Å²) in [6, 6.07) is 4.86. The molecule has 0 unspecified atom stereocenters. The molecule has 6 nitrogen and oxygen atoms in total. The molecule has 0 atom stereocenters. The predicted molar refractivity (Wildman–Crippen MR) is 91.3 cm³/mol. The number of rotatable bonds is 6. The van der Waals surface area contributed by atoms with E-state index in [9.17, 15) is 13.2 Å². The Hall–Kier alpha value is -1.76. The second-order valence-electron chi connectivity index (χ2n) is 6.05. The number of amides is 1. The van der Waals surface area contributed by atoms with Gasteiger partial charge < -0.3 is 10.1 Å². The summed E-state index contributed by atoms with van der Waals surface area (Å²) < 4.78 is 30.2. The van der Waals surface area contributed by atoms with Crippen LogP contribution >= 0.6 is 0 Å². The molecule has 1 aliphatic rings. The number of benzene rings is 1. The maximum absolute atomic E-state index is 12.1. The quantitative estimate of drug-likeness (QED) is 0.834. The molecule has 0 spiro atoms. The van der Waals surface area contributed by atoms with Crippen LogP contribution in [0.25, 0.3) is 0 Å². The van der Waals surface area contributed by atoms with E-state index in [2.05, 4.69) is 10.0 Å². The van der Waals surface area contributed by atoms with E-state index in [1.807, 2.05) is 0 Å². The van der Waals surface area contributed by atoms with Crippen LogP contribution in [0.4, 0.5) is 11.4 Å². The summed E-state index contributed by atoms with van der Waals surface area (Å²) in [5.74, 6) is 0.825. The molecule has 7 heteroatoms. The summed E-state index contributed by atoms with van der Waals surface area (Å²) in [5, 5.41) is 2.86. The fourth-order valence-electron chi connectivity index (χ4n) is 2.92. The molecular weight excluding hydrogens is 316 g/mol. The first-order valence-corrected chi connectivity index (χ1v) is 9.72. The van der Waals surface area contributed by atoms with Gasteiger partial charge >= 0.3 is 0 Å². The van der Waals surface area contributed by atoms with E-state index in [1.165, 1.54) is 26.4 Å². The van der Waals surface area contributed by atoms with Crippen molar-refractivity contribution in [3.05, 3.63) is 18.2 Å². The van der Waals surface area contributed by atoms with Gasteiger partial charge in [-0.15, -0.1) is 0 Å². The molecule has 1 amide bonds. The lowest BCUT2D eigenvalue weighted by Crippen LogP contribution is -2.18. The molecule has 1 aliphatic carbocycles. The van der Waals surface area contributed by atoms with Gasteiger partial charge in [-0.2, -0.15) is 0 Å². The predicted octanol–water partition coefficient (Wildman–Crippen LogP) is 2.98. The first-order chi connectivity index (χ1) is 10.9. The Morgan fingerprint density at radius 3 is 2.57 bits per heavy atom. The van der Waals surface area contributed by atoms with Crippen LogP contribution in [0.3, 0.4) is 0 Å². The van der Waals surface area contributed by atoms with Gasteiger partial charge in [-0.3, -0.25) is 9.52 Å². The van der Waals surface area contributed by atoms with E-state index >= 15 is 0 Å². The van der Waals surface area contributed by atoms with Gasteiger partial charge in [-0.05, 0) is 30.9 Å². The number of anilines is 2. The monoisotopic (exact) mass is 340 g/mol. The van der Waals surface area contributed by atoms with Crippen molar-refractivity contribution in [2.24, 2.45) is 5.92 Å². The number of nitrogens with one attached hydrogen (secondary N) is 2. The highest BCUT2D eigenvalue weighted by Gasteiger charge is 2.17. The fourth-order valence-corrected chi connectivity index (χ4v) is 3.49. The van der Waals surface area contributed by atoms with Crippen LogP contribution < -0.4 is 14.8 Å². The highest BCUT2D eigenvalue weighted by Crippen LogP contribution is 2.30. The van der Waals surface area contributed by atoms with E-state index < -0.39 is 10.0 Å². The van der Waals surface area contributed by atoms with Gasteiger partial charge in [0.2, 0.25) is 15.9 Å². The summed E-state index contributed by atoms with van der Waals surface area (Å²) in [6.07, 6.45) is 7.53. The number of hydrogen-bond donors (Lipinski definition) is 2. The van der Waals surface area contributed by atoms with Crippen molar-refractivity contribution in [2.75, 3.05) is 23.4 Å². The van der Waals surface area contributed by atoms with Crippen molar-refractivity contribution in [3.8, 4) is 5.75 Å². The average Bonchev–Trinajstić information content (AvgIpc) is 2.48. The Morgan fingerprint density at radius 1 is 1.26 bits per heavy atom. The fraction of sp³-hybridized carbons (Fsp3) is 0.562. The lowest BCUT2D eigenvalue weighted by atomic mass is 9.87. The number of hydrogen-bond acceptors (Lipinski definition) is 4. The zero-order valence-electron chi connectivity index (χ0n) is 13.6. The van der Waals surface area contributed by atoms with Crippen molar-refractivity contribution < 1.29 is 17.9 Å². The molecule has 1 saturated carbocycles. The molecule has 1 fully saturated rings. The van der Waals surface area contributed by atoms with Gasteiger partial charge in [0.25, 0.3) is 0 Å². The van der Waals surface area contributed by atoms with Crippen molar-refractivity contribution >= 4 is 27.3 Å². The third-order valence-electron chi connectivity index (χ3n) is 3.98. The summed E-state index contributed by atoms with van der Waals surface area (Å²) in [7, 11) is -1.93. The standard InChI is InChI=1S/C16H24N2O4S/c1-22-15-11-13(8-9-14(15)18-23(2,20)21)17-16(19)10-12-6-4-3-5-7-12/h8-9,11-12,18H,3-7,10H2,1-2H3,(H,17,19). The van der Waals surface area contributed by atoms with Crippen LogP contribution in [0, 0.1) is 5.92 Å². The molecule has 23 heavy (non-hydrogen) atoms. The molecule has 128 valence electrons. The van der Waals surface area contributed by atoms with Crippen LogP contribution in [0.15, 0.2) is 18.2 Å². The van der Waals surface area contributed by atoms with Gasteiger partial charge in [-0.25, -0.2) is 8.42 Å². The van der Waals surface area contributed by atoms with Gasteiger partial charge in [0, 0.05) is 18.2 Å². The van der Waals surface area contributed by atoms with E-state index in [1.54, 1.807) is 18.2 Å². The molecule has 0 aliphatic heterocycles. The second kappa shape index (κ2) is 7.68. The van der Waals surface area contributed by atoms with Gasteiger partial charge in [0.05, 0.1) is 19.1 Å². The average molecular weight is 340 g/mol. The number of methoxy groups -OCH3 is 1. The van der Waals surface area contributed by atoms with Gasteiger partial charge in [0.15, 0.2) is 0 Å². The Balaban J connectivity index is 2.00. The number of carbonyl (C=O) groups excluding carboxylic acids is 1. The molecule has 2 rings (SSSR count). The summed E-state index contributed by atoms with van der Waals surface area (Å²) >= 11 is 0. The Labute approximate surface area is 137 Å². The van der Waals surface area contributed by atoms with Crippen molar-refractivity contribution in [2.45, 2.75) is 38.5 Å². The summed E-state index contributed by atoms with van der Waals surface area (Å²) in [4.78, 5) is 12.1. The molecule has 0 aromatic heterocycles. The first-order valence-electron chi connectivity index (χ1n) is 7.83. The summed E-state index contributed by atoms with van der Waals surface area (Å²) in [6.45, 7) is 0. The van der Waals surface area contributed by atoms with Crippen LogP contribution in [0.1, 0.15) is 38.5 Å². The molecule has 2 N–H and O–H groups in total. The zero-order valence-corrected chi connectivity index (χ0v) is 14.4. The molecular formula is C16H24N2O4S. The normalized spacial score (nSPS) is 15.9. The van der Waals surface area contributed by atoms with Crippen LogP contribution in [0.5, 0.6) is 5.75 Å². The zero-order chi connectivity index (χ0) is 16.9. The Bertz CT molecular complexity index is 652. The molecule has 0 radical (unpaired) electrons. The largest absolute Gasteiger partial charge is 0.494 e. The SMILES string of the molecule is COc1cc(NC(=O)CC2CCCCC2)ccc1NS(C)(=O)=O. The molecule has 0 bridgehead atoms. The Morgan fingerprint density at radius 2 is 1.96 bits per heavy atom. The lowest BCUT2D eigenvalue weighted by molar-refractivity contribution is -0.117. The van der Waals surface area contributed by atoms with Crippen molar-refractivity contribution in [1.82, 2.24) is 0 Å². The summed E-state index contributed by atoms with van der Waals surface area (Å²) in [5.41, 5.74) is 0.946. The highest BCUT2D eigenvalue weighted by atomic mass is 32.2. The van der Waals surface area contributed by atoms with Gasteiger partial charge in [0.1, 0.15) is 5.75 Å². The van der Waals surface area contributed by atoms with Crippen molar-refractivity contribution in [1.29, 1.82) is 0 Å². The molecule has 0 heterocycles. The molecule has 1 aromatic rings. The van der Waals surface area contributed by atoms with E-state index in [0.717, 1.165) is 19.1 Å². The number of ether oxygens (including phenoxy) is 1. The third kappa shape index (κ3) is 5.74. The molecule has 0 saturated heterocycles. The Kier molecular flexibility index (Phi) is 5.87. The lowest BCUT2D eigenvalue weighted by Gasteiger charge is -2.21. The van der Waals surface area contributed by atoms with Crippen LogP contribution in [-0.2, 0) is 14.8 Å². The second-order valence-corrected chi connectivity index (χ2v) is 7.79. The third-order valence-corrected chi connectivity index (χ3v) is 4.57. The van der Waals surface area contributed by atoms with Crippen LogP contribution in [-0.4, -0.2) is 27.7 Å². The maximum Gasteiger partial charge on any atom is 0.229 e. The van der Waals surface area contributed by atoms with Gasteiger partial charge in [-0.1, -0.05) is 19.3 Å². The maximum atomic E-state index is 12.1. The van der Waals surface area contributed by atoms with E-state index in [4.69, 9.17) is 4.74 Å². The topological polar surface area (TPSA) is 84.5 Å². The number of sulfonamides is 1. The van der Waals surface area contributed by atoms with E-state index in [0.29, 0.717) is 29.5 Å². The first kappa shape index (κ1) is 17.6.